The predicted octanol–water partition coefficient (Wildman–Crippen LogP) is 8.26. The van der Waals surface area contributed by atoms with Gasteiger partial charge in [0.15, 0.2) is 11.6 Å². The van der Waals surface area contributed by atoms with Crippen molar-refractivity contribution < 1.29 is 4.74 Å². The number of unbranched alkanes of at least 4 members (excludes halogenated alkanes) is 10. The normalized spacial score (nSPS) is 11.3. The van der Waals surface area contributed by atoms with Crippen molar-refractivity contribution in [2.24, 2.45) is 0 Å². The van der Waals surface area contributed by atoms with Crippen molar-refractivity contribution in [1.29, 1.82) is 0 Å². The van der Waals surface area contributed by atoms with Gasteiger partial charge in [0.2, 0.25) is 0 Å². The van der Waals surface area contributed by atoms with Crippen LogP contribution in [0.1, 0.15) is 96.5 Å². The lowest BCUT2D eigenvalue weighted by atomic mass is 10.1. The highest BCUT2D eigenvalue weighted by atomic mass is 16.5. The summed E-state index contributed by atoms with van der Waals surface area (Å²) in [5.74, 6) is 1.50. The predicted molar refractivity (Wildman–Crippen MR) is 129 cm³/mol. The molecule has 0 aliphatic rings. The van der Waals surface area contributed by atoms with Crippen LogP contribution in [0.2, 0.25) is 0 Å². The number of hydrogen-bond donors (Lipinski definition) is 0. The molecule has 0 radical (unpaired) electrons. The van der Waals surface area contributed by atoms with Crippen molar-refractivity contribution in [2.45, 2.75) is 90.9 Å². The second-order valence-corrected chi connectivity index (χ2v) is 8.09. The zero-order chi connectivity index (χ0) is 21.3. The molecule has 3 nitrogen and oxygen atoms in total. The summed E-state index contributed by atoms with van der Waals surface area (Å²) in [4.78, 5) is 8.95. The van der Waals surface area contributed by atoms with Crippen LogP contribution in [0.3, 0.4) is 0 Å². The van der Waals surface area contributed by atoms with E-state index in [4.69, 9.17) is 4.74 Å². The molecule has 0 N–H and O–H groups in total. The van der Waals surface area contributed by atoms with Gasteiger partial charge in [-0.15, -0.1) is 0 Å². The van der Waals surface area contributed by atoms with Crippen molar-refractivity contribution in [2.75, 3.05) is 6.61 Å². The van der Waals surface area contributed by atoms with E-state index in [2.05, 4.69) is 60.2 Å². The molecular weight excluding hydrogens is 368 g/mol. The Bertz CT molecular complexity index is 692. The lowest BCUT2D eigenvalue weighted by molar-refractivity contribution is 0.302. The maximum atomic E-state index is 5.80. The minimum Gasteiger partial charge on any atom is -0.490 e. The Morgan fingerprint density at radius 2 is 1.33 bits per heavy atom. The van der Waals surface area contributed by atoms with Crippen LogP contribution in [0.25, 0.3) is 17.5 Å². The van der Waals surface area contributed by atoms with E-state index in [1.807, 2.05) is 0 Å². The molecule has 0 saturated carbocycles. The number of nitrogens with zero attached hydrogens (tertiary/aromatic N) is 2. The Labute approximate surface area is 184 Å². The standard InChI is InChI=1S/C27H40N2O/c1-3-5-7-9-10-11-13-15-21-30-26-22-28-27(29-23-26)25-19-17-24(18-20-25)16-14-12-8-6-4-2/h14,16-20,22-23H,3-13,15,21H2,1-2H3. The monoisotopic (exact) mass is 408 g/mol. The quantitative estimate of drug-likeness (QED) is 0.262. The van der Waals surface area contributed by atoms with Crippen molar-refractivity contribution >= 4 is 6.08 Å². The third-order valence-corrected chi connectivity index (χ3v) is 5.35. The van der Waals surface area contributed by atoms with Gasteiger partial charge in [-0.05, 0) is 24.8 Å². The van der Waals surface area contributed by atoms with Crippen LogP contribution in [-0.2, 0) is 0 Å². The molecule has 3 heteroatoms. The first kappa shape index (κ1) is 24.1. The Morgan fingerprint density at radius 3 is 2.00 bits per heavy atom. The maximum absolute atomic E-state index is 5.80. The van der Waals surface area contributed by atoms with E-state index in [1.165, 1.54) is 69.8 Å². The number of ether oxygens (including phenoxy) is 1. The summed E-state index contributed by atoms with van der Waals surface area (Å²) in [7, 11) is 0. The Kier molecular flexibility index (Phi) is 12.6. The van der Waals surface area contributed by atoms with Gasteiger partial charge in [0.1, 0.15) is 0 Å². The molecule has 1 aromatic heterocycles. The third kappa shape index (κ3) is 10.0. The van der Waals surface area contributed by atoms with Gasteiger partial charge in [0.25, 0.3) is 0 Å². The van der Waals surface area contributed by atoms with Gasteiger partial charge in [-0.1, -0.05) is 108 Å². The summed E-state index contributed by atoms with van der Waals surface area (Å²) in [5, 5.41) is 0. The first-order chi connectivity index (χ1) is 14.8. The topological polar surface area (TPSA) is 35.0 Å². The molecule has 0 fully saturated rings. The van der Waals surface area contributed by atoms with Crippen LogP contribution < -0.4 is 4.74 Å². The van der Waals surface area contributed by atoms with E-state index >= 15 is 0 Å². The molecular formula is C27H40N2O. The van der Waals surface area contributed by atoms with Gasteiger partial charge in [-0.25, -0.2) is 9.97 Å². The molecule has 1 aromatic carbocycles. The van der Waals surface area contributed by atoms with E-state index in [0.29, 0.717) is 0 Å². The second-order valence-electron chi connectivity index (χ2n) is 8.09. The fourth-order valence-electron chi connectivity index (χ4n) is 3.44. The fraction of sp³-hybridized carbons (Fsp3) is 0.556. The molecule has 0 bridgehead atoms. The van der Waals surface area contributed by atoms with E-state index in [0.717, 1.165) is 36.6 Å². The average molecular weight is 409 g/mol. The molecule has 0 aliphatic carbocycles. The average Bonchev–Trinajstić information content (AvgIpc) is 2.79. The van der Waals surface area contributed by atoms with E-state index in [1.54, 1.807) is 12.4 Å². The maximum Gasteiger partial charge on any atom is 0.159 e. The lowest BCUT2D eigenvalue weighted by Gasteiger charge is -2.06. The Balaban J connectivity index is 1.67. The van der Waals surface area contributed by atoms with Crippen molar-refractivity contribution in [1.82, 2.24) is 9.97 Å². The summed E-state index contributed by atoms with van der Waals surface area (Å²) >= 11 is 0. The zero-order valence-electron chi connectivity index (χ0n) is 19.1. The first-order valence-electron chi connectivity index (χ1n) is 12.0. The molecule has 0 spiro atoms. The smallest absolute Gasteiger partial charge is 0.159 e. The molecule has 0 atom stereocenters. The highest BCUT2D eigenvalue weighted by Crippen LogP contribution is 2.18. The first-order valence-corrected chi connectivity index (χ1v) is 12.0. The van der Waals surface area contributed by atoms with Crippen LogP contribution in [0.15, 0.2) is 42.7 Å². The largest absolute Gasteiger partial charge is 0.490 e. The number of benzene rings is 1. The molecule has 0 amide bonds. The fourth-order valence-corrected chi connectivity index (χ4v) is 3.44. The van der Waals surface area contributed by atoms with Crippen LogP contribution in [0.4, 0.5) is 0 Å². The van der Waals surface area contributed by atoms with Crippen LogP contribution >= 0.6 is 0 Å². The van der Waals surface area contributed by atoms with Gasteiger partial charge in [-0.2, -0.15) is 0 Å². The highest BCUT2D eigenvalue weighted by molar-refractivity contribution is 5.59. The van der Waals surface area contributed by atoms with Gasteiger partial charge in [-0.3, -0.25) is 0 Å². The molecule has 30 heavy (non-hydrogen) atoms. The number of hydrogen-bond acceptors (Lipinski definition) is 3. The van der Waals surface area contributed by atoms with Crippen LogP contribution in [-0.4, -0.2) is 16.6 Å². The minimum absolute atomic E-state index is 0.743. The summed E-state index contributed by atoms with van der Waals surface area (Å²) in [6, 6.07) is 8.42. The second kappa shape index (κ2) is 15.6. The summed E-state index contributed by atoms with van der Waals surface area (Å²) in [6.07, 6.45) is 23.5. The van der Waals surface area contributed by atoms with Crippen molar-refractivity contribution in [3.63, 3.8) is 0 Å². The van der Waals surface area contributed by atoms with Crippen molar-refractivity contribution in [3.05, 3.63) is 48.3 Å². The number of allylic oxidation sites excluding steroid dienone is 1. The highest BCUT2D eigenvalue weighted by Gasteiger charge is 2.02. The van der Waals surface area contributed by atoms with Crippen LogP contribution in [0, 0.1) is 0 Å². The molecule has 0 unspecified atom stereocenters. The molecule has 164 valence electrons. The SMILES string of the molecule is CCCCCC=Cc1ccc(-c2ncc(OCCCCCCCCCC)cn2)cc1. The zero-order valence-corrected chi connectivity index (χ0v) is 19.1. The van der Waals surface area contributed by atoms with E-state index < -0.39 is 0 Å². The summed E-state index contributed by atoms with van der Waals surface area (Å²) < 4.78 is 5.80. The van der Waals surface area contributed by atoms with Gasteiger partial charge >= 0.3 is 0 Å². The molecule has 0 saturated heterocycles. The van der Waals surface area contributed by atoms with E-state index in [-0.39, 0.29) is 0 Å². The Morgan fingerprint density at radius 1 is 0.733 bits per heavy atom. The van der Waals surface area contributed by atoms with Crippen LogP contribution in [0.5, 0.6) is 5.75 Å². The Hall–Kier alpha value is -2.16. The number of rotatable bonds is 16. The minimum atomic E-state index is 0.743. The molecule has 2 rings (SSSR count). The van der Waals surface area contributed by atoms with E-state index in [9.17, 15) is 0 Å². The molecule has 0 aliphatic heterocycles. The number of aromatic nitrogens is 2. The van der Waals surface area contributed by atoms with Gasteiger partial charge in [0.05, 0.1) is 19.0 Å². The summed E-state index contributed by atoms with van der Waals surface area (Å²) in [5.41, 5.74) is 2.26. The van der Waals surface area contributed by atoms with Gasteiger partial charge in [0, 0.05) is 5.56 Å². The third-order valence-electron chi connectivity index (χ3n) is 5.35. The van der Waals surface area contributed by atoms with Crippen molar-refractivity contribution in [3.8, 4) is 17.1 Å². The molecule has 1 heterocycles. The van der Waals surface area contributed by atoms with Gasteiger partial charge < -0.3 is 4.74 Å². The summed E-state index contributed by atoms with van der Waals surface area (Å²) in [6.45, 7) is 5.25. The molecule has 2 aromatic rings. The lowest BCUT2D eigenvalue weighted by Crippen LogP contribution is -1.99.